The number of aromatic nitrogens is 2. The lowest BCUT2D eigenvalue weighted by molar-refractivity contribution is -0.145. The van der Waals surface area contributed by atoms with E-state index < -0.39 is 164 Å². The van der Waals surface area contributed by atoms with Crippen LogP contribution in [-0.2, 0) is 65.6 Å². The second-order valence-electron chi connectivity index (χ2n) is 17.4. The number of carboxylic acid groups (broad SMARTS) is 1. The van der Waals surface area contributed by atoms with Gasteiger partial charge < -0.3 is 89.8 Å². The third-order valence-electron chi connectivity index (χ3n) is 11.0. The highest BCUT2D eigenvalue weighted by Crippen LogP contribution is 2.10. The van der Waals surface area contributed by atoms with Gasteiger partial charge in [-0.2, -0.15) is 11.8 Å². The predicted molar refractivity (Wildman–Crippen MR) is 266 cm³/mol. The molecule has 0 fully saturated rings. The van der Waals surface area contributed by atoms with Crippen LogP contribution in [0.1, 0.15) is 51.8 Å². The molecule has 0 aliphatic carbocycles. The largest absolute Gasteiger partial charge is 0.480 e. The average Bonchev–Trinajstić information content (AvgIpc) is 3.87. The Morgan fingerprint density at radius 1 is 0.600 bits per heavy atom. The standard InChI is InChI=1S/C45H69N13O16S/c1-21(2)34(56-44(72)35(22(3)61)57-40(68)27(50-33(64)16-46)13-24-9-7-6-8-10-24)43(71)55-31(19-60)42(70)54-30(18-59)41(69)53-29(15-32(47)63)39(67)52-28(14-25-17-48-20-49-25)38(66)51-26(11-12-75-5)37(65)58-36(23(4)62)45(73)74/h6-10,17,20-23,26-31,34-36,59-62H,11-16,18-19,46H2,1-5H3,(H2,47,63)(H,48,49)(H,50,64)(H,51,66)(H,52,67)(H,53,69)(H,54,70)(H,55,71)(H,56,72)(H,57,68)(H,58,65)(H,73,74)/t22-,23-,26+,27+,28+,29+,30+,31+,34+,35+,36+/m1/s1. The first-order chi connectivity index (χ1) is 35.4. The number of H-pyrrole nitrogens is 1. The second-order valence-corrected chi connectivity index (χ2v) is 18.4. The fourth-order valence-corrected chi connectivity index (χ4v) is 7.34. The number of benzene rings is 1. The Kier molecular flexibility index (Phi) is 27.4. The lowest BCUT2D eigenvalue weighted by Crippen LogP contribution is -2.63. The first-order valence-corrected chi connectivity index (χ1v) is 24.8. The number of nitrogens with zero attached hydrogens (tertiary/aromatic N) is 1. The third-order valence-corrected chi connectivity index (χ3v) is 11.6. The molecule has 10 amide bonds. The molecule has 0 aliphatic heterocycles. The summed E-state index contributed by atoms with van der Waals surface area (Å²) in [6.07, 6.45) is -0.135. The first-order valence-electron chi connectivity index (χ1n) is 23.4. The number of amides is 10. The predicted octanol–water partition coefficient (Wildman–Crippen LogP) is -7.37. The highest BCUT2D eigenvalue weighted by Gasteiger charge is 2.37. The Hall–Kier alpha value is -7.25. The summed E-state index contributed by atoms with van der Waals surface area (Å²) in [5, 5.41) is 71.0. The van der Waals surface area contributed by atoms with Crippen LogP contribution in [-0.4, -0.2) is 199 Å². The van der Waals surface area contributed by atoms with Crippen LogP contribution in [0.2, 0.25) is 0 Å². The normalized spacial score (nSPS) is 15.5. The number of hydrogen-bond donors (Lipinski definition) is 17. The highest BCUT2D eigenvalue weighted by molar-refractivity contribution is 7.98. The van der Waals surface area contributed by atoms with Gasteiger partial charge in [0.15, 0.2) is 6.04 Å². The van der Waals surface area contributed by atoms with Gasteiger partial charge >= 0.3 is 5.97 Å². The van der Waals surface area contributed by atoms with Gasteiger partial charge in [0.2, 0.25) is 59.1 Å². The molecule has 0 saturated carbocycles. The Morgan fingerprint density at radius 3 is 1.55 bits per heavy atom. The van der Waals surface area contributed by atoms with Crippen molar-refractivity contribution in [2.75, 3.05) is 31.8 Å². The molecule has 29 nitrogen and oxygen atoms in total. The number of thioether (sulfide) groups is 1. The van der Waals surface area contributed by atoms with E-state index in [9.17, 15) is 78.3 Å². The van der Waals surface area contributed by atoms with Crippen molar-refractivity contribution in [2.45, 2.75) is 120 Å². The Labute approximate surface area is 435 Å². The summed E-state index contributed by atoms with van der Waals surface area (Å²) in [6, 6.07) is -6.36. The summed E-state index contributed by atoms with van der Waals surface area (Å²) in [5.41, 5.74) is 11.7. The molecule has 75 heavy (non-hydrogen) atoms. The van der Waals surface area contributed by atoms with E-state index in [1.54, 1.807) is 36.6 Å². The maximum absolute atomic E-state index is 13.8. The van der Waals surface area contributed by atoms with E-state index >= 15 is 0 Å². The minimum atomic E-state index is -1.95. The molecule has 1 heterocycles. The van der Waals surface area contributed by atoms with Crippen molar-refractivity contribution in [1.82, 2.24) is 57.8 Å². The van der Waals surface area contributed by atoms with Crippen molar-refractivity contribution >= 4 is 76.8 Å². The number of aromatic amines is 1. The van der Waals surface area contributed by atoms with Crippen molar-refractivity contribution < 1.29 is 78.3 Å². The summed E-state index contributed by atoms with van der Waals surface area (Å²) in [5.74, 6) is -12.6. The minimum absolute atomic E-state index is 0.0264. The van der Waals surface area contributed by atoms with Crippen LogP contribution in [0.4, 0.5) is 0 Å². The molecule has 2 rings (SSSR count). The van der Waals surface area contributed by atoms with Crippen molar-refractivity contribution in [3.8, 4) is 0 Å². The number of imidazole rings is 1. The zero-order chi connectivity index (χ0) is 56.5. The van der Waals surface area contributed by atoms with Gasteiger partial charge in [-0.25, -0.2) is 9.78 Å². The number of carbonyl (C=O) groups is 11. The zero-order valence-corrected chi connectivity index (χ0v) is 42.7. The van der Waals surface area contributed by atoms with Crippen molar-refractivity contribution in [3.63, 3.8) is 0 Å². The maximum atomic E-state index is 13.8. The van der Waals surface area contributed by atoms with E-state index in [4.69, 9.17) is 11.5 Å². The van der Waals surface area contributed by atoms with Gasteiger partial charge in [-0.1, -0.05) is 44.2 Å². The number of aliphatic hydroxyl groups excluding tert-OH is 4. The van der Waals surface area contributed by atoms with E-state index in [2.05, 4.69) is 57.8 Å². The molecule has 0 unspecified atom stereocenters. The monoisotopic (exact) mass is 1080 g/mol. The number of nitrogens with two attached hydrogens (primary N) is 2. The quantitative estimate of drug-likeness (QED) is 0.0316. The number of hydrogen-bond acceptors (Lipinski definition) is 18. The number of aliphatic hydroxyl groups is 4. The van der Waals surface area contributed by atoms with Crippen molar-refractivity contribution in [3.05, 3.63) is 54.1 Å². The Morgan fingerprint density at radius 2 is 1.05 bits per heavy atom. The number of primary amides is 1. The molecule has 0 saturated heterocycles. The van der Waals surface area contributed by atoms with Gasteiger partial charge in [0.1, 0.15) is 48.3 Å². The van der Waals surface area contributed by atoms with Crippen LogP contribution in [0, 0.1) is 5.92 Å². The van der Waals surface area contributed by atoms with Gasteiger partial charge in [-0.05, 0) is 43.8 Å². The Balaban J connectivity index is 2.27. The molecule has 19 N–H and O–H groups in total. The van der Waals surface area contributed by atoms with Crippen LogP contribution in [0.3, 0.4) is 0 Å². The fourth-order valence-electron chi connectivity index (χ4n) is 6.87. The maximum Gasteiger partial charge on any atom is 0.328 e. The molecule has 0 spiro atoms. The molecule has 1 aromatic carbocycles. The van der Waals surface area contributed by atoms with E-state index in [0.29, 0.717) is 5.56 Å². The molecule has 1 aromatic heterocycles. The fraction of sp³-hybridized carbons (Fsp3) is 0.556. The van der Waals surface area contributed by atoms with E-state index in [1.165, 1.54) is 45.1 Å². The van der Waals surface area contributed by atoms with E-state index in [0.717, 1.165) is 6.92 Å². The van der Waals surface area contributed by atoms with Gasteiger partial charge in [0.25, 0.3) is 0 Å². The van der Waals surface area contributed by atoms with Gasteiger partial charge in [0, 0.05) is 24.7 Å². The molecule has 0 radical (unpaired) electrons. The van der Waals surface area contributed by atoms with Gasteiger partial charge in [-0.15, -0.1) is 0 Å². The third kappa shape index (κ3) is 21.6. The smallest absolute Gasteiger partial charge is 0.328 e. The Bertz CT molecular complexity index is 2260. The number of nitrogens with one attached hydrogen (secondary N) is 10. The number of rotatable bonds is 33. The lowest BCUT2D eigenvalue weighted by atomic mass is 10.0. The summed E-state index contributed by atoms with van der Waals surface area (Å²) < 4.78 is 0. The molecule has 416 valence electrons. The van der Waals surface area contributed by atoms with Crippen LogP contribution in [0.25, 0.3) is 0 Å². The summed E-state index contributed by atoms with van der Waals surface area (Å²) in [7, 11) is 0. The highest BCUT2D eigenvalue weighted by atomic mass is 32.2. The summed E-state index contributed by atoms with van der Waals surface area (Å²) in [6.45, 7) is 2.54. The van der Waals surface area contributed by atoms with Crippen LogP contribution in [0.15, 0.2) is 42.9 Å². The van der Waals surface area contributed by atoms with Crippen LogP contribution < -0.4 is 59.3 Å². The number of aliphatic carboxylic acids is 1. The van der Waals surface area contributed by atoms with Crippen LogP contribution in [0.5, 0.6) is 0 Å². The molecular weight excluding hydrogens is 1010 g/mol. The van der Waals surface area contributed by atoms with Crippen LogP contribution >= 0.6 is 11.8 Å². The topological polar surface area (TPSA) is 478 Å². The van der Waals surface area contributed by atoms with Gasteiger partial charge in [0.05, 0.1) is 44.7 Å². The molecule has 2 aromatic rings. The number of carbonyl (C=O) groups excluding carboxylic acids is 10. The second kappa shape index (κ2) is 32.1. The van der Waals surface area contributed by atoms with E-state index in [1.807, 2.05) is 0 Å². The first kappa shape index (κ1) is 63.9. The van der Waals surface area contributed by atoms with Gasteiger partial charge in [-0.3, -0.25) is 47.9 Å². The average molecular weight is 1080 g/mol. The summed E-state index contributed by atoms with van der Waals surface area (Å²) >= 11 is 1.28. The van der Waals surface area contributed by atoms with Crippen molar-refractivity contribution in [2.24, 2.45) is 17.4 Å². The zero-order valence-electron chi connectivity index (χ0n) is 41.9. The summed E-state index contributed by atoms with van der Waals surface area (Å²) in [4.78, 5) is 151. The SMILES string of the molecule is CSCC[C@H](NC(=O)[C@H](Cc1cnc[nH]1)NC(=O)[C@H](CC(N)=O)NC(=O)[C@H](CO)NC(=O)[C@H](CO)NC(=O)[C@@H](NC(=O)[C@@H](NC(=O)[C@H](Cc1ccccc1)NC(=O)CN)[C@@H](C)O)C(C)C)C(=O)N[C@H](C(=O)O)[C@@H](C)O. The number of carboxylic acids is 1. The molecule has 30 heteroatoms. The molecule has 0 aliphatic rings. The molecule has 11 atom stereocenters. The molecule has 0 bridgehead atoms. The molecular formula is C45H69N13O16S. The lowest BCUT2D eigenvalue weighted by Gasteiger charge is -2.29. The van der Waals surface area contributed by atoms with E-state index in [-0.39, 0.29) is 30.7 Å². The minimum Gasteiger partial charge on any atom is -0.480 e. The van der Waals surface area contributed by atoms with Crippen molar-refractivity contribution in [1.29, 1.82) is 0 Å².